The summed E-state index contributed by atoms with van der Waals surface area (Å²) in [6.45, 7) is 3.40. The Morgan fingerprint density at radius 1 is 1.12 bits per heavy atom. The number of amides is 3. The predicted molar refractivity (Wildman–Crippen MR) is 126 cm³/mol. The van der Waals surface area contributed by atoms with Crippen molar-refractivity contribution in [1.82, 2.24) is 15.1 Å². The summed E-state index contributed by atoms with van der Waals surface area (Å²) in [5.74, 6) is -1.28. The SMILES string of the molecule is CC1CCN(C2CCN(C(=O)[C@H](O)CS(=O)(=O)c3ccc4cc(Cl)ccc4c3)CC2)C(=O)N1. The van der Waals surface area contributed by atoms with Gasteiger partial charge in [0.15, 0.2) is 9.84 Å². The average Bonchev–Trinajstić information content (AvgIpc) is 2.78. The number of sulfone groups is 1. The quantitative estimate of drug-likeness (QED) is 0.665. The molecule has 2 saturated heterocycles. The van der Waals surface area contributed by atoms with Crippen LogP contribution >= 0.6 is 11.6 Å². The number of nitrogens with one attached hydrogen (secondary N) is 1. The Kier molecular flexibility index (Phi) is 6.83. The highest BCUT2D eigenvalue weighted by Gasteiger charge is 2.35. The van der Waals surface area contributed by atoms with Gasteiger partial charge in [-0.2, -0.15) is 0 Å². The van der Waals surface area contributed by atoms with Gasteiger partial charge in [-0.05, 0) is 61.2 Å². The van der Waals surface area contributed by atoms with E-state index in [0.717, 1.165) is 11.8 Å². The van der Waals surface area contributed by atoms with Crippen LogP contribution in [0.25, 0.3) is 10.8 Å². The second kappa shape index (κ2) is 9.48. The number of aliphatic hydroxyl groups excluding tert-OH is 1. The van der Waals surface area contributed by atoms with E-state index in [4.69, 9.17) is 11.6 Å². The maximum absolute atomic E-state index is 12.9. The summed E-state index contributed by atoms with van der Waals surface area (Å²) in [6.07, 6.45) is 0.427. The summed E-state index contributed by atoms with van der Waals surface area (Å²) in [4.78, 5) is 28.3. The van der Waals surface area contributed by atoms with E-state index < -0.39 is 27.6 Å². The third-order valence-electron chi connectivity index (χ3n) is 6.45. The Hall–Kier alpha value is -2.36. The smallest absolute Gasteiger partial charge is 0.317 e. The molecule has 2 atom stereocenters. The molecule has 1 unspecified atom stereocenters. The fourth-order valence-corrected chi connectivity index (χ4v) is 6.03. The summed E-state index contributed by atoms with van der Waals surface area (Å²) in [6, 6.07) is 9.90. The van der Waals surface area contributed by atoms with Crippen LogP contribution < -0.4 is 5.32 Å². The van der Waals surface area contributed by atoms with Gasteiger partial charge in [0.25, 0.3) is 5.91 Å². The number of hydrogen-bond donors (Lipinski definition) is 2. The molecule has 0 spiro atoms. The molecule has 2 heterocycles. The molecular formula is C23H28ClN3O5S. The van der Waals surface area contributed by atoms with Crippen molar-refractivity contribution < 1.29 is 23.1 Å². The van der Waals surface area contributed by atoms with Gasteiger partial charge < -0.3 is 20.2 Å². The molecule has 8 nitrogen and oxygen atoms in total. The summed E-state index contributed by atoms with van der Waals surface area (Å²) < 4.78 is 25.7. The Morgan fingerprint density at radius 3 is 2.48 bits per heavy atom. The second-order valence-electron chi connectivity index (χ2n) is 8.84. The number of carbonyl (C=O) groups is 2. The largest absolute Gasteiger partial charge is 0.382 e. The number of nitrogens with zero attached hydrogens (tertiary/aromatic N) is 2. The van der Waals surface area contributed by atoms with Crippen LogP contribution in [0.3, 0.4) is 0 Å². The fraction of sp³-hybridized carbons (Fsp3) is 0.478. The molecule has 4 rings (SSSR count). The van der Waals surface area contributed by atoms with Crippen LogP contribution in [0, 0.1) is 0 Å². The van der Waals surface area contributed by atoms with Gasteiger partial charge in [0.2, 0.25) is 0 Å². The molecule has 0 saturated carbocycles. The van der Waals surface area contributed by atoms with Gasteiger partial charge >= 0.3 is 6.03 Å². The number of halogens is 1. The number of fused-ring (bicyclic) bond motifs is 1. The maximum atomic E-state index is 12.9. The van der Waals surface area contributed by atoms with Crippen molar-refractivity contribution in [3.05, 3.63) is 41.4 Å². The zero-order valence-electron chi connectivity index (χ0n) is 18.4. The van der Waals surface area contributed by atoms with Crippen molar-refractivity contribution in [2.24, 2.45) is 0 Å². The van der Waals surface area contributed by atoms with E-state index in [9.17, 15) is 23.1 Å². The van der Waals surface area contributed by atoms with E-state index in [2.05, 4.69) is 5.32 Å². The number of hydrogen-bond acceptors (Lipinski definition) is 5. The van der Waals surface area contributed by atoms with Crippen molar-refractivity contribution in [3.8, 4) is 0 Å². The summed E-state index contributed by atoms with van der Waals surface area (Å²) in [7, 11) is -3.88. The van der Waals surface area contributed by atoms with E-state index >= 15 is 0 Å². The van der Waals surface area contributed by atoms with Crippen LogP contribution in [-0.4, -0.2) is 78.8 Å². The number of piperidine rings is 1. The predicted octanol–water partition coefficient (Wildman–Crippen LogP) is 2.42. The Balaban J connectivity index is 1.36. The molecule has 2 aromatic rings. The van der Waals surface area contributed by atoms with E-state index in [1.165, 1.54) is 17.0 Å². The molecule has 2 aromatic carbocycles. The van der Waals surface area contributed by atoms with Crippen molar-refractivity contribution in [3.63, 3.8) is 0 Å². The highest BCUT2D eigenvalue weighted by atomic mass is 35.5. The van der Waals surface area contributed by atoms with Gasteiger partial charge in [-0.3, -0.25) is 4.79 Å². The maximum Gasteiger partial charge on any atom is 0.317 e. The molecule has 0 bridgehead atoms. The Labute approximate surface area is 198 Å². The normalized spacial score (nSPS) is 21.2. The first-order chi connectivity index (χ1) is 15.6. The molecule has 0 aliphatic carbocycles. The van der Waals surface area contributed by atoms with Crippen molar-refractivity contribution in [2.75, 3.05) is 25.4 Å². The standard InChI is InChI=1S/C23H28ClN3O5S/c1-15-6-11-27(23(30)25-15)19-7-9-26(10-8-19)22(29)21(28)14-33(31,32)20-5-3-16-12-18(24)4-2-17(16)13-20/h2-5,12-13,15,19,21,28H,6-11,14H2,1H3,(H,25,30)/t15?,21-/m1/s1. The number of rotatable bonds is 5. The van der Waals surface area contributed by atoms with Gasteiger partial charge in [0, 0.05) is 36.7 Å². The number of likely N-dealkylation sites (tertiary alicyclic amines) is 1. The molecule has 2 aliphatic rings. The summed E-state index contributed by atoms with van der Waals surface area (Å²) in [5.41, 5.74) is 0. The third kappa shape index (κ3) is 5.26. The van der Waals surface area contributed by atoms with E-state index in [-0.39, 0.29) is 23.0 Å². The third-order valence-corrected chi connectivity index (χ3v) is 8.41. The molecule has 2 fully saturated rings. The molecule has 10 heteroatoms. The zero-order chi connectivity index (χ0) is 23.8. The lowest BCUT2D eigenvalue weighted by molar-refractivity contribution is -0.140. The van der Waals surface area contributed by atoms with Gasteiger partial charge in [-0.1, -0.05) is 23.7 Å². The summed E-state index contributed by atoms with van der Waals surface area (Å²) in [5, 5.41) is 15.4. The lowest BCUT2D eigenvalue weighted by Crippen LogP contribution is -2.57. The fourth-order valence-electron chi connectivity index (χ4n) is 4.52. The van der Waals surface area contributed by atoms with Crippen LogP contribution in [0.2, 0.25) is 5.02 Å². The van der Waals surface area contributed by atoms with E-state index in [0.29, 0.717) is 42.9 Å². The monoisotopic (exact) mass is 493 g/mol. The zero-order valence-corrected chi connectivity index (χ0v) is 20.0. The Morgan fingerprint density at radius 2 is 1.79 bits per heavy atom. The number of urea groups is 1. The van der Waals surface area contributed by atoms with Crippen LogP contribution in [0.5, 0.6) is 0 Å². The van der Waals surface area contributed by atoms with Crippen LogP contribution in [0.1, 0.15) is 26.2 Å². The summed E-state index contributed by atoms with van der Waals surface area (Å²) >= 11 is 5.98. The van der Waals surface area contributed by atoms with Gasteiger partial charge in [0.05, 0.1) is 10.6 Å². The van der Waals surface area contributed by atoms with E-state index in [1.54, 1.807) is 24.3 Å². The molecule has 33 heavy (non-hydrogen) atoms. The van der Waals surface area contributed by atoms with Crippen LogP contribution in [0.15, 0.2) is 41.3 Å². The minimum atomic E-state index is -3.88. The molecule has 0 radical (unpaired) electrons. The van der Waals surface area contributed by atoms with Crippen molar-refractivity contribution in [1.29, 1.82) is 0 Å². The molecule has 3 amide bonds. The van der Waals surface area contributed by atoms with Gasteiger partial charge in [-0.25, -0.2) is 13.2 Å². The van der Waals surface area contributed by atoms with E-state index in [1.807, 2.05) is 11.8 Å². The minimum Gasteiger partial charge on any atom is -0.382 e. The molecule has 0 aromatic heterocycles. The molecule has 178 valence electrons. The number of aliphatic hydroxyl groups is 1. The highest BCUT2D eigenvalue weighted by molar-refractivity contribution is 7.91. The number of carbonyl (C=O) groups excluding carboxylic acids is 2. The van der Waals surface area contributed by atoms with Crippen molar-refractivity contribution >= 4 is 44.1 Å². The lowest BCUT2D eigenvalue weighted by atomic mass is 10.0. The Bertz CT molecular complexity index is 1160. The van der Waals surface area contributed by atoms with Crippen molar-refractivity contribution in [2.45, 2.75) is 49.3 Å². The highest BCUT2D eigenvalue weighted by Crippen LogP contribution is 2.24. The first-order valence-corrected chi connectivity index (χ1v) is 13.1. The molecule has 2 N–H and O–H groups in total. The molecule has 2 aliphatic heterocycles. The molecular weight excluding hydrogens is 466 g/mol. The van der Waals surface area contributed by atoms with Gasteiger partial charge in [0.1, 0.15) is 6.10 Å². The topological polar surface area (TPSA) is 107 Å². The van der Waals surface area contributed by atoms with Crippen LogP contribution in [0.4, 0.5) is 4.79 Å². The average molecular weight is 494 g/mol. The first-order valence-electron chi connectivity index (χ1n) is 11.1. The number of benzene rings is 2. The first kappa shape index (κ1) is 23.8. The lowest BCUT2D eigenvalue weighted by Gasteiger charge is -2.41. The van der Waals surface area contributed by atoms with Crippen LogP contribution in [-0.2, 0) is 14.6 Å². The minimum absolute atomic E-state index is 0.0357. The van der Waals surface area contributed by atoms with Gasteiger partial charge in [-0.15, -0.1) is 0 Å². The second-order valence-corrected chi connectivity index (χ2v) is 11.3.